The van der Waals surface area contributed by atoms with E-state index >= 15 is 0 Å². The highest BCUT2D eigenvalue weighted by Crippen LogP contribution is 2.10. The van der Waals surface area contributed by atoms with Crippen molar-refractivity contribution in [1.82, 2.24) is 0 Å². The zero-order valence-electron chi connectivity index (χ0n) is 5.07. The first-order chi connectivity index (χ1) is 3.48. The van der Waals surface area contributed by atoms with Crippen molar-refractivity contribution in [2.75, 3.05) is 6.16 Å². The zero-order valence-corrected chi connectivity index (χ0v) is 6.23. The van der Waals surface area contributed by atoms with E-state index in [1.54, 1.807) is 0 Å². The molecule has 1 unspecified atom stereocenters. The van der Waals surface area contributed by atoms with Crippen LogP contribution in [0.4, 0.5) is 4.39 Å². The summed E-state index contributed by atoms with van der Waals surface area (Å²) in [7, 11) is 2.19. The molecule has 0 saturated carbocycles. The lowest BCUT2D eigenvalue weighted by Crippen LogP contribution is -2.26. The van der Waals surface area contributed by atoms with Gasteiger partial charge < -0.3 is 0 Å². The van der Waals surface area contributed by atoms with Crippen molar-refractivity contribution in [1.29, 1.82) is 0 Å². The molecular weight excluding hydrogens is 126 g/mol. The highest BCUT2D eigenvalue weighted by atomic mass is 31.0. The van der Waals surface area contributed by atoms with E-state index in [0.717, 1.165) is 0 Å². The van der Waals surface area contributed by atoms with Crippen LogP contribution in [0.2, 0.25) is 0 Å². The third kappa shape index (κ3) is 2.37. The summed E-state index contributed by atoms with van der Waals surface area (Å²) >= 11 is 0. The van der Waals surface area contributed by atoms with Gasteiger partial charge in [0.15, 0.2) is 11.5 Å². The van der Waals surface area contributed by atoms with Gasteiger partial charge in [0.05, 0.1) is 0 Å². The molecule has 0 fully saturated rings. The molecule has 1 atom stereocenters. The number of ketones is 1. The van der Waals surface area contributed by atoms with Gasteiger partial charge in [-0.15, -0.1) is 9.24 Å². The SMILES string of the molecule is CC(C)(F)C(=O)CP. The van der Waals surface area contributed by atoms with Gasteiger partial charge in [0, 0.05) is 6.16 Å². The van der Waals surface area contributed by atoms with Crippen molar-refractivity contribution in [2.24, 2.45) is 0 Å². The van der Waals surface area contributed by atoms with Crippen molar-refractivity contribution in [3.8, 4) is 0 Å². The number of hydrogen-bond donors (Lipinski definition) is 0. The Morgan fingerprint density at radius 2 is 2.12 bits per heavy atom. The smallest absolute Gasteiger partial charge is 0.173 e. The lowest BCUT2D eigenvalue weighted by atomic mass is 10.1. The van der Waals surface area contributed by atoms with E-state index in [1.807, 2.05) is 0 Å². The molecular formula is C5H10FOP. The lowest BCUT2D eigenvalue weighted by Gasteiger charge is -2.08. The molecule has 0 saturated heterocycles. The van der Waals surface area contributed by atoms with Crippen molar-refractivity contribution >= 4 is 15.0 Å². The second-order valence-corrected chi connectivity index (χ2v) is 2.51. The second-order valence-electron chi connectivity index (χ2n) is 2.10. The summed E-state index contributed by atoms with van der Waals surface area (Å²) in [6.07, 6.45) is 0.198. The van der Waals surface area contributed by atoms with E-state index < -0.39 is 5.67 Å². The first-order valence-electron chi connectivity index (χ1n) is 2.40. The molecule has 0 aromatic carbocycles. The standard InChI is InChI=1S/C5H10FOP/c1-5(2,6)4(7)3-8/h3,8H2,1-2H3. The number of hydrogen-bond acceptors (Lipinski definition) is 1. The van der Waals surface area contributed by atoms with Gasteiger partial charge in [0.2, 0.25) is 0 Å². The third-order valence-electron chi connectivity index (χ3n) is 0.848. The first-order valence-corrected chi connectivity index (χ1v) is 3.22. The lowest BCUT2D eigenvalue weighted by molar-refractivity contribution is -0.125. The van der Waals surface area contributed by atoms with Gasteiger partial charge in [0.25, 0.3) is 0 Å². The summed E-state index contributed by atoms with van der Waals surface area (Å²) < 4.78 is 12.4. The maximum absolute atomic E-state index is 12.4. The predicted octanol–water partition coefficient (Wildman–Crippen LogP) is 1.18. The number of carbonyl (C=O) groups is 1. The van der Waals surface area contributed by atoms with Gasteiger partial charge in [-0.05, 0) is 13.8 Å². The fourth-order valence-electron chi connectivity index (χ4n) is 0.243. The maximum Gasteiger partial charge on any atom is 0.173 e. The summed E-state index contributed by atoms with van der Waals surface area (Å²) in [5.41, 5.74) is -1.65. The highest BCUT2D eigenvalue weighted by Gasteiger charge is 2.23. The molecule has 0 aromatic heterocycles. The van der Waals surface area contributed by atoms with E-state index in [4.69, 9.17) is 0 Å². The van der Waals surface area contributed by atoms with E-state index in [0.29, 0.717) is 0 Å². The van der Waals surface area contributed by atoms with Gasteiger partial charge >= 0.3 is 0 Å². The minimum Gasteiger partial charge on any atom is -0.296 e. The van der Waals surface area contributed by atoms with Crippen molar-refractivity contribution in [2.45, 2.75) is 19.5 Å². The molecule has 0 aliphatic heterocycles. The number of Topliss-reactive ketones (excluding diaryl/α,β-unsaturated/α-hetero) is 1. The molecule has 1 nitrogen and oxygen atoms in total. The molecule has 3 heteroatoms. The Kier molecular flexibility index (Phi) is 2.55. The van der Waals surface area contributed by atoms with Crippen molar-refractivity contribution in [3.05, 3.63) is 0 Å². The molecule has 0 amide bonds. The molecule has 0 aliphatic rings. The van der Waals surface area contributed by atoms with Crippen molar-refractivity contribution in [3.63, 3.8) is 0 Å². The van der Waals surface area contributed by atoms with Gasteiger partial charge in [-0.25, -0.2) is 4.39 Å². The van der Waals surface area contributed by atoms with Crippen LogP contribution >= 0.6 is 9.24 Å². The molecule has 0 radical (unpaired) electrons. The van der Waals surface area contributed by atoms with Crippen LogP contribution in [0.1, 0.15) is 13.8 Å². The third-order valence-corrected chi connectivity index (χ3v) is 1.22. The van der Waals surface area contributed by atoms with E-state index in [-0.39, 0.29) is 11.9 Å². The molecule has 0 aliphatic carbocycles. The zero-order chi connectivity index (χ0) is 6.78. The highest BCUT2D eigenvalue weighted by molar-refractivity contribution is 7.18. The molecule has 0 aromatic rings. The Labute approximate surface area is 50.9 Å². The average Bonchev–Trinajstić information content (AvgIpc) is 1.62. The number of halogens is 1. The normalized spacial score (nSPS) is 11.5. The molecule has 0 spiro atoms. The Morgan fingerprint density at radius 3 is 2.12 bits per heavy atom. The van der Waals surface area contributed by atoms with E-state index in [9.17, 15) is 9.18 Å². The van der Waals surface area contributed by atoms with Gasteiger partial charge in [-0.2, -0.15) is 0 Å². The van der Waals surface area contributed by atoms with Crippen LogP contribution in [0, 0.1) is 0 Å². The number of rotatable bonds is 2. The molecule has 0 bridgehead atoms. The molecule has 0 heterocycles. The Morgan fingerprint density at radius 1 is 1.75 bits per heavy atom. The Hall–Kier alpha value is 0.0300. The fraction of sp³-hybridized carbons (Fsp3) is 0.800. The summed E-state index contributed by atoms with van der Waals surface area (Å²) in [4.78, 5) is 10.4. The quantitative estimate of drug-likeness (QED) is 0.521. The first kappa shape index (κ1) is 8.03. The summed E-state index contributed by atoms with van der Waals surface area (Å²) in [6, 6.07) is 0. The Bertz CT molecular complexity index is 95.1. The summed E-state index contributed by atoms with van der Waals surface area (Å²) in [6.45, 7) is 2.53. The molecule has 0 N–H and O–H groups in total. The minimum atomic E-state index is -1.65. The molecule has 0 rings (SSSR count). The molecule has 48 valence electrons. The minimum absolute atomic E-state index is 0.198. The second kappa shape index (κ2) is 2.54. The summed E-state index contributed by atoms with van der Waals surface area (Å²) in [5.74, 6) is -0.373. The van der Waals surface area contributed by atoms with Crippen LogP contribution in [0.5, 0.6) is 0 Å². The van der Waals surface area contributed by atoms with Gasteiger partial charge in [-0.3, -0.25) is 4.79 Å². The maximum atomic E-state index is 12.4. The average molecular weight is 136 g/mol. The monoisotopic (exact) mass is 136 g/mol. The van der Waals surface area contributed by atoms with Gasteiger partial charge in [-0.1, -0.05) is 0 Å². The van der Waals surface area contributed by atoms with Crippen LogP contribution < -0.4 is 0 Å². The topological polar surface area (TPSA) is 17.1 Å². The largest absolute Gasteiger partial charge is 0.296 e. The van der Waals surface area contributed by atoms with Crippen LogP contribution in [-0.2, 0) is 4.79 Å². The van der Waals surface area contributed by atoms with E-state index in [1.165, 1.54) is 13.8 Å². The summed E-state index contributed by atoms with van der Waals surface area (Å²) in [5, 5.41) is 0. The van der Waals surface area contributed by atoms with Crippen LogP contribution in [-0.4, -0.2) is 17.6 Å². The van der Waals surface area contributed by atoms with Gasteiger partial charge in [0.1, 0.15) is 0 Å². The number of alkyl halides is 1. The van der Waals surface area contributed by atoms with E-state index in [2.05, 4.69) is 9.24 Å². The predicted molar refractivity (Wildman–Crippen MR) is 34.8 cm³/mol. The number of carbonyl (C=O) groups excluding carboxylic acids is 1. The fourth-order valence-corrected chi connectivity index (χ4v) is 0.728. The van der Waals surface area contributed by atoms with Crippen LogP contribution in [0.25, 0.3) is 0 Å². The molecule has 8 heavy (non-hydrogen) atoms. The van der Waals surface area contributed by atoms with Crippen LogP contribution in [0.15, 0.2) is 0 Å². The Balaban J connectivity index is 3.82. The van der Waals surface area contributed by atoms with Crippen LogP contribution in [0.3, 0.4) is 0 Å². The van der Waals surface area contributed by atoms with Crippen molar-refractivity contribution < 1.29 is 9.18 Å².